The van der Waals surface area contributed by atoms with Gasteiger partial charge in [0.25, 0.3) is 5.91 Å². The first-order chi connectivity index (χ1) is 11.7. The molecule has 1 aromatic heterocycles. The number of anilines is 1. The lowest BCUT2D eigenvalue weighted by molar-refractivity contribution is -0.124. The number of imidazole rings is 1. The van der Waals surface area contributed by atoms with Crippen LogP contribution in [0.25, 0.3) is 22.4 Å². The van der Waals surface area contributed by atoms with Gasteiger partial charge in [0.15, 0.2) is 0 Å². The summed E-state index contributed by atoms with van der Waals surface area (Å²) in [6.07, 6.45) is 1.31. The number of aromatic nitrogens is 2. The summed E-state index contributed by atoms with van der Waals surface area (Å²) in [4.78, 5) is 19.8. The average Bonchev–Trinajstić information content (AvgIpc) is 3.24. The van der Waals surface area contributed by atoms with Crippen molar-refractivity contribution in [1.82, 2.24) is 9.97 Å². The smallest absolute Gasteiger partial charge is 0.253 e. The van der Waals surface area contributed by atoms with Crippen molar-refractivity contribution in [3.05, 3.63) is 48.3 Å². The van der Waals surface area contributed by atoms with Gasteiger partial charge in [-0.1, -0.05) is 0 Å². The highest BCUT2D eigenvalue weighted by Gasteiger charge is 2.23. The van der Waals surface area contributed by atoms with Crippen LogP contribution in [0.2, 0.25) is 0 Å². The second-order valence-corrected chi connectivity index (χ2v) is 5.82. The molecule has 1 atom stereocenters. The van der Waals surface area contributed by atoms with Crippen molar-refractivity contribution in [3.8, 4) is 11.4 Å². The Hall–Kier alpha value is -2.73. The van der Waals surface area contributed by atoms with Gasteiger partial charge in [0.2, 0.25) is 0 Å². The average molecular weight is 325 g/mol. The van der Waals surface area contributed by atoms with Crippen LogP contribution in [0.3, 0.4) is 0 Å². The molecule has 3 aromatic rings. The monoisotopic (exact) mass is 325 g/mol. The van der Waals surface area contributed by atoms with Crippen LogP contribution in [0.4, 0.5) is 10.1 Å². The molecule has 1 saturated heterocycles. The molecule has 0 saturated carbocycles. The van der Waals surface area contributed by atoms with Crippen LogP contribution < -0.4 is 5.32 Å². The lowest BCUT2D eigenvalue weighted by Crippen LogP contribution is -2.26. The number of carbonyl (C=O) groups excluding carboxylic acids is 1. The van der Waals surface area contributed by atoms with Crippen molar-refractivity contribution in [2.45, 2.75) is 18.9 Å². The third kappa shape index (κ3) is 2.88. The molecule has 5 nitrogen and oxygen atoms in total. The molecule has 6 heteroatoms. The fourth-order valence-electron chi connectivity index (χ4n) is 2.84. The molecular weight excluding hydrogens is 309 g/mol. The van der Waals surface area contributed by atoms with Gasteiger partial charge in [-0.25, -0.2) is 9.37 Å². The van der Waals surface area contributed by atoms with Crippen molar-refractivity contribution < 1.29 is 13.9 Å². The fraction of sp³-hybridized carbons (Fsp3) is 0.222. The Kier molecular flexibility index (Phi) is 3.74. The molecule has 2 heterocycles. The second kappa shape index (κ2) is 6.05. The molecule has 0 aliphatic carbocycles. The Morgan fingerprint density at radius 3 is 2.83 bits per heavy atom. The zero-order chi connectivity index (χ0) is 16.5. The Balaban J connectivity index is 1.58. The summed E-state index contributed by atoms with van der Waals surface area (Å²) in [5.74, 6) is 0.256. The van der Waals surface area contributed by atoms with Gasteiger partial charge < -0.3 is 15.0 Å². The number of H-pyrrole nitrogens is 1. The van der Waals surface area contributed by atoms with E-state index in [-0.39, 0.29) is 17.8 Å². The fourth-order valence-corrected chi connectivity index (χ4v) is 2.84. The lowest BCUT2D eigenvalue weighted by Gasteiger charge is -2.10. The minimum Gasteiger partial charge on any atom is -0.368 e. The molecule has 0 spiro atoms. The van der Waals surface area contributed by atoms with E-state index in [4.69, 9.17) is 4.74 Å². The number of fused-ring (bicyclic) bond motifs is 1. The standard InChI is InChI=1S/C18H16FN3O2/c19-12-5-3-11(4-6-12)17-21-14-8-7-13(10-15(14)22-17)20-18(23)16-2-1-9-24-16/h3-8,10,16H,1-2,9H2,(H,20,23)(H,21,22)/t16-/m0/s1. The number of carbonyl (C=O) groups is 1. The van der Waals surface area contributed by atoms with Crippen molar-refractivity contribution >= 4 is 22.6 Å². The molecule has 2 aromatic carbocycles. The van der Waals surface area contributed by atoms with Gasteiger partial charge in [0, 0.05) is 17.9 Å². The summed E-state index contributed by atoms with van der Waals surface area (Å²) in [6, 6.07) is 11.6. The minimum atomic E-state index is -0.364. The maximum Gasteiger partial charge on any atom is 0.253 e. The Labute approximate surface area is 137 Å². The molecule has 1 aliphatic rings. The Bertz CT molecular complexity index is 883. The van der Waals surface area contributed by atoms with E-state index in [1.807, 2.05) is 18.2 Å². The number of nitrogens with zero attached hydrogens (tertiary/aromatic N) is 1. The maximum atomic E-state index is 13.0. The van der Waals surface area contributed by atoms with E-state index in [0.717, 1.165) is 29.4 Å². The van der Waals surface area contributed by atoms with Gasteiger partial charge in [0.05, 0.1) is 11.0 Å². The van der Waals surface area contributed by atoms with E-state index in [2.05, 4.69) is 15.3 Å². The largest absolute Gasteiger partial charge is 0.368 e. The molecule has 122 valence electrons. The van der Waals surface area contributed by atoms with Gasteiger partial charge in [-0.05, 0) is 55.3 Å². The number of ether oxygens (including phenoxy) is 1. The Morgan fingerprint density at radius 2 is 2.08 bits per heavy atom. The number of amides is 1. The first-order valence-corrected chi connectivity index (χ1v) is 7.87. The summed E-state index contributed by atoms with van der Waals surface area (Å²) < 4.78 is 18.4. The third-order valence-corrected chi connectivity index (χ3v) is 4.09. The molecule has 0 radical (unpaired) electrons. The summed E-state index contributed by atoms with van der Waals surface area (Å²) in [5.41, 5.74) is 3.08. The lowest BCUT2D eigenvalue weighted by atomic mass is 10.2. The van der Waals surface area contributed by atoms with Crippen molar-refractivity contribution in [1.29, 1.82) is 0 Å². The third-order valence-electron chi connectivity index (χ3n) is 4.09. The SMILES string of the molecule is O=C(Nc1ccc2nc(-c3ccc(F)cc3)[nH]c2c1)[C@@H]1CCCO1. The normalized spacial score (nSPS) is 17.3. The number of hydrogen-bond acceptors (Lipinski definition) is 3. The highest BCUT2D eigenvalue weighted by atomic mass is 19.1. The first kappa shape index (κ1) is 14.8. The highest BCUT2D eigenvalue weighted by molar-refractivity contribution is 5.96. The number of benzene rings is 2. The zero-order valence-electron chi connectivity index (χ0n) is 12.9. The summed E-state index contributed by atoms with van der Waals surface area (Å²) in [5, 5.41) is 2.87. The van der Waals surface area contributed by atoms with Crippen LogP contribution in [0, 0.1) is 5.82 Å². The van der Waals surface area contributed by atoms with Crippen LogP contribution in [0.15, 0.2) is 42.5 Å². The maximum absolute atomic E-state index is 13.0. The number of rotatable bonds is 3. The Morgan fingerprint density at radius 1 is 1.25 bits per heavy atom. The zero-order valence-corrected chi connectivity index (χ0v) is 12.9. The minimum absolute atomic E-state index is 0.120. The van der Waals surface area contributed by atoms with Crippen LogP contribution in [0.1, 0.15) is 12.8 Å². The van der Waals surface area contributed by atoms with Gasteiger partial charge in [0.1, 0.15) is 17.7 Å². The van der Waals surface area contributed by atoms with Crippen LogP contribution in [-0.2, 0) is 9.53 Å². The van der Waals surface area contributed by atoms with Crippen molar-refractivity contribution in [2.24, 2.45) is 0 Å². The summed E-state index contributed by atoms with van der Waals surface area (Å²) >= 11 is 0. The van der Waals surface area contributed by atoms with E-state index in [9.17, 15) is 9.18 Å². The van der Waals surface area contributed by atoms with Gasteiger partial charge in [-0.15, -0.1) is 0 Å². The summed E-state index contributed by atoms with van der Waals surface area (Å²) in [7, 11) is 0. The van der Waals surface area contributed by atoms with E-state index in [1.54, 1.807) is 12.1 Å². The predicted octanol–water partition coefficient (Wildman–Crippen LogP) is 3.49. The number of nitrogens with one attached hydrogen (secondary N) is 2. The van der Waals surface area contributed by atoms with Crippen LogP contribution >= 0.6 is 0 Å². The van der Waals surface area contributed by atoms with Crippen LogP contribution in [-0.4, -0.2) is 28.6 Å². The van der Waals surface area contributed by atoms with Crippen LogP contribution in [0.5, 0.6) is 0 Å². The van der Waals surface area contributed by atoms with E-state index < -0.39 is 0 Å². The summed E-state index contributed by atoms with van der Waals surface area (Å²) in [6.45, 7) is 0.638. The molecule has 0 unspecified atom stereocenters. The van der Waals surface area contributed by atoms with Gasteiger partial charge in [-0.2, -0.15) is 0 Å². The highest BCUT2D eigenvalue weighted by Crippen LogP contribution is 2.23. The van der Waals surface area contributed by atoms with E-state index >= 15 is 0 Å². The quantitative estimate of drug-likeness (QED) is 0.774. The second-order valence-electron chi connectivity index (χ2n) is 5.82. The molecule has 4 rings (SSSR count). The topological polar surface area (TPSA) is 67.0 Å². The van der Waals surface area contributed by atoms with Crippen molar-refractivity contribution in [2.75, 3.05) is 11.9 Å². The van der Waals surface area contributed by atoms with Gasteiger partial charge >= 0.3 is 0 Å². The number of halogens is 1. The first-order valence-electron chi connectivity index (χ1n) is 7.87. The van der Waals surface area contributed by atoms with Crippen molar-refractivity contribution in [3.63, 3.8) is 0 Å². The molecule has 1 aliphatic heterocycles. The molecule has 24 heavy (non-hydrogen) atoms. The molecule has 1 fully saturated rings. The van der Waals surface area contributed by atoms with Gasteiger partial charge in [-0.3, -0.25) is 4.79 Å². The number of hydrogen-bond donors (Lipinski definition) is 2. The molecule has 0 bridgehead atoms. The van der Waals surface area contributed by atoms with E-state index in [0.29, 0.717) is 18.1 Å². The predicted molar refractivity (Wildman–Crippen MR) is 89.1 cm³/mol. The van der Waals surface area contributed by atoms with E-state index in [1.165, 1.54) is 12.1 Å². The number of aromatic amines is 1. The molecular formula is C18H16FN3O2. The molecule has 1 amide bonds. The molecule has 2 N–H and O–H groups in total.